The lowest BCUT2D eigenvalue weighted by Crippen LogP contribution is -2.49. The van der Waals surface area contributed by atoms with Gasteiger partial charge in [0.25, 0.3) is 0 Å². The number of hydrogen-bond acceptors (Lipinski definition) is 4. The van der Waals surface area contributed by atoms with Crippen LogP contribution in [0.2, 0.25) is 0 Å². The SMILES string of the molecule is CC1CC(C#N)(C(=O)NCCS(N)(=O)=O)C1. The van der Waals surface area contributed by atoms with Crippen LogP contribution in [0.15, 0.2) is 0 Å². The van der Waals surface area contributed by atoms with Crippen molar-refractivity contribution in [3.05, 3.63) is 0 Å². The Bertz CT molecular complexity index is 418. The molecule has 1 fully saturated rings. The fourth-order valence-corrected chi connectivity index (χ4v) is 2.32. The summed E-state index contributed by atoms with van der Waals surface area (Å²) in [6.45, 7) is 1.92. The van der Waals surface area contributed by atoms with Crippen molar-refractivity contribution in [2.45, 2.75) is 19.8 Å². The molecule has 3 N–H and O–H groups in total. The Morgan fingerprint density at radius 1 is 1.62 bits per heavy atom. The molecule has 1 saturated carbocycles. The van der Waals surface area contributed by atoms with Gasteiger partial charge in [-0.05, 0) is 18.8 Å². The topological polar surface area (TPSA) is 113 Å². The number of primary sulfonamides is 1. The van der Waals surface area contributed by atoms with Crippen LogP contribution in [0.4, 0.5) is 0 Å². The molecule has 0 unspecified atom stereocenters. The Labute approximate surface area is 94.9 Å². The van der Waals surface area contributed by atoms with Crippen LogP contribution in [-0.2, 0) is 14.8 Å². The molecule has 1 amide bonds. The van der Waals surface area contributed by atoms with E-state index in [1.165, 1.54) is 0 Å². The summed E-state index contributed by atoms with van der Waals surface area (Å²) in [4.78, 5) is 11.6. The number of rotatable bonds is 4. The highest BCUT2D eigenvalue weighted by molar-refractivity contribution is 7.89. The number of carbonyl (C=O) groups excluding carboxylic acids is 1. The van der Waals surface area contributed by atoms with E-state index in [0.717, 1.165) is 0 Å². The van der Waals surface area contributed by atoms with E-state index in [4.69, 9.17) is 10.4 Å². The van der Waals surface area contributed by atoms with Crippen LogP contribution in [0.5, 0.6) is 0 Å². The van der Waals surface area contributed by atoms with Gasteiger partial charge in [-0.2, -0.15) is 5.26 Å². The van der Waals surface area contributed by atoms with Crippen molar-refractivity contribution in [2.75, 3.05) is 12.3 Å². The quantitative estimate of drug-likeness (QED) is 0.683. The second-order valence-corrected chi connectivity index (χ2v) is 6.06. The molecule has 1 aliphatic carbocycles. The normalized spacial score (nSPS) is 28.9. The van der Waals surface area contributed by atoms with Crippen LogP contribution < -0.4 is 10.5 Å². The molecule has 0 radical (unpaired) electrons. The van der Waals surface area contributed by atoms with Crippen molar-refractivity contribution >= 4 is 15.9 Å². The van der Waals surface area contributed by atoms with Gasteiger partial charge in [0.05, 0.1) is 11.8 Å². The molecule has 90 valence electrons. The standard InChI is InChI=1S/C9H15N3O3S/c1-7-4-9(5-7,6-10)8(13)12-2-3-16(11,14)15/h7H,2-5H2,1H3,(H,12,13)(H2,11,14,15). The van der Waals surface area contributed by atoms with Crippen molar-refractivity contribution in [3.63, 3.8) is 0 Å². The number of nitriles is 1. The molecule has 0 spiro atoms. The molecule has 0 aromatic heterocycles. The lowest BCUT2D eigenvalue weighted by atomic mass is 9.63. The first-order valence-electron chi connectivity index (χ1n) is 4.99. The minimum Gasteiger partial charge on any atom is -0.354 e. The summed E-state index contributed by atoms with van der Waals surface area (Å²) in [5.41, 5.74) is -0.961. The Morgan fingerprint density at radius 3 is 2.56 bits per heavy atom. The molecule has 0 saturated heterocycles. The zero-order valence-corrected chi connectivity index (χ0v) is 9.88. The minimum absolute atomic E-state index is 0.0462. The first kappa shape index (κ1) is 12.9. The second kappa shape index (κ2) is 4.39. The third kappa shape index (κ3) is 2.93. The number of amides is 1. The van der Waals surface area contributed by atoms with Crippen molar-refractivity contribution in [1.29, 1.82) is 5.26 Å². The molecule has 1 aliphatic rings. The van der Waals surface area contributed by atoms with E-state index in [9.17, 15) is 13.2 Å². The third-order valence-electron chi connectivity index (χ3n) is 2.71. The largest absolute Gasteiger partial charge is 0.354 e. The predicted molar refractivity (Wildman–Crippen MR) is 57.4 cm³/mol. The average Bonchev–Trinajstić information content (AvgIpc) is 2.10. The predicted octanol–water partition coefficient (Wildman–Crippen LogP) is -0.669. The van der Waals surface area contributed by atoms with E-state index in [2.05, 4.69) is 5.32 Å². The zero-order chi connectivity index (χ0) is 12.4. The number of sulfonamides is 1. The maximum absolute atomic E-state index is 11.6. The molecule has 1 rings (SSSR count). The van der Waals surface area contributed by atoms with Crippen molar-refractivity contribution in [2.24, 2.45) is 16.5 Å². The van der Waals surface area contributed by atoms with Crippen LogP contribution in [0, 0.1) is 22.7 Å². The van der Waals surface area contributed by atoms with Gasteiger partial charge in [-0.3, -0.25) is 4.79 Å². The molecule has 0 aromatic rings. The molecule has 0 aromatic carbocycles. The molecule has 7 heteroatoms. The molecule has 16 heavy (non-hydrogen) atoms. The first-order chi connectivity index (χ1) is 7.29. The third-order valence-corrected chi connectivity index (χ3v) is 3.49. The number of nitrogens with zero attached hydrogens (tertiary/aromatic N) is 1. The Balaban J connectivity index is 2.45. The van der Waals surface area contributed by atoms with Crippen LogP contribution >= 0.6 is 0 Å². The molecule has 6 nitrogen and oxygen atoms in total. The van der Waals surface area contributed by atoms with Gasteiger partial charge in [0.15, 0.2) is 0 Å². The van der Waals surface area contributed by atoms with Gasteiger partial charge < -0.3 is 5.32 Å². The number of nitrogens with one attached hydrogen (secondary N) is 1. The summed E-state index contributed by atoms with van der Waals surface area (Å²) in [7, 11) is -3.57. The van der Waals surface area contributed by atoms with Crippen molar-refractivity contribution in [3.8, 4) is 6.07 Å². The highest BCUT2D eigenvalue weighted by Gasteiger charge is 2.48. The van der Waals surface area contributed by atoms with Gasteiger partial charge in [-0.15, -0.1) is 0 Å². The van der Waals surface area contributed by atoms with Gasteiger partial charge in [-0.25, -0.2) is 13.6 Å². The number of hydrogen-bond donors (Lipinski definition) is 2. The number of nitrogens with two attached hydrogens (primary N) is 1. The fourth-order valence-electron chi connectivity index (χ4n) is 1.93. The average molecular weight is 245 g/mol. The lowest BCUT2D eigenvalue weighted by Gasteiger charge is -2.39. The second-order valence-electron chi connectivity index (χ2n) is 4.33. The summed E-state index contributed by atoms with van der Waals surface area (Å²) in [5, 5.41) is 16.2. The highest BCUT2D eigenvalue weighted by atomic mass is 32.2. The van der Waals surface area contributed by atoms with Crippen LogP contribution in [0.25, 0.3) is 0 Å². The smallest absolute Gasteiger partial charge is 0.240 e. The monoisotopic (exact) mass is 245 g/mol. The molecule has 0 atom stereocenters. The maximum Gasteiger partial charge on any atom is 0.240 e. The number of carbonyl (C=O) groups is 1. The fraction of sp³-hybridized carbons (Fsp3) is 0.778. The summed E-state index contributed by atoms with van der Waals surface area (Å²) >= 11 is 0. The van der Waals surface area contributed by atoms with Crippen molar-refractivity contribution in [1.82, 2.24) is 5.32 Å². The lowest BCUT2D eigenvalue weighted by molar-refractivity contribution is -0.133. The van der Waals surface area contributed by atoms with E-state index in [1.54, 1.807) is 0 Å². The first-order valence-corrected chi connectivity index (χ1v) is 6.71. The van der Waals surface area contributed by atoms with Crippen LogP contribution in [-0.4, -0.2) is 26.6 Å². The van der Waals surface area contributed by atoms with Crippen molar-refractivity contribution < 1.29 is 13.2 Å². The van der Waals surface area contributed by atoms with E-state index in [0.29, 0.717) is 18.8 Å². The molecule has 0 aliphatic heterocycles. The summed E-state index contributed by atoms with van der Waals surface area (Å²) in [6.07, 6.45) is 1.06. The highest BCUT2D eigenvalue weighted by Crippen LogP contribution is 2.44. The molecule has 0 bridgehead atoms. The van der Waals surface area contributed by atoms with E-state index in [1.807, 2.05) is 13.0 Å². The Hall–Kier alpha value is -1.13. The van der Waals surface area contributed by atoms with E-state index >= 15 is 0 Å². The summed E-state index contributed by atoms with van der Waals surface area (Å²) < 4.78 is 21.3. The molecular formula is C9H15N3O3S. The Kier molecular flexibility index (Phi) is 3.55. The van der Waals surface area contributed by atoms with Crippen LogP contribution in [0.3, 0.4) is 0 Å². The van der Waals surface area contributed by atoms with E-state index in [-0.39, 0.29) is 12.3 Å². The van der Waals surface area contributed by atoms with Gasteiger partial charge in [0.2, 0.25) is 15.9 Å². The van der Waals surface area contributed by atoms with Crippen LogP contribution in [0.1, 0.15) is 19.8 Å². The molecular weight excluding hydrogens is 230 g/mol. The van der Waals surface area contributed by atoms with Gasteiger partial charge in [0.1, 0.15) is 5.41 Å². The Morgan fingerprint density at radius 2 is 2.19 bits per heavy atom. The minimum atomic E-state index is -3.57. The molecule has 0 heterocycles. The maximum atomic E-state index is 11.6. The zero-order valence-electron chi connectivity index (χ0n) is 9.06. The van der Waals surface area contributed by atoms with Gasteiger partial charge in [-0.1, -0.05) is 6.92 Å². The summed E-state index contributed by atoms with van der Waals surface area (Å²) in [6, 6.07) is 2.00. The van der Waals surface area contributed by atoms with Gasteiger partial charge >= 0.3 is 0 Å². The van der Waals surface area contributed by atoms with E-state index < -0.39 is 21.3 Å². The summed E-state index contributed by atoms with van der Waals surface area (Å²) in [5.74, 6) is -0.337. The van der Waals surface area contributed by atoms with Gasteiger partial charge in [0, 0.05) is 6.54 Å².